The molecule has 100 valence electrons. The Hall–Kier alpha value is -2.30. The second-order valence-corrected chi connectivity index (χ2v) is 4.91. The highest BCUT2D eigenvalue weighted by molar-refractivity contribution is 5.94. The van der Waals surface area contributed by atoms with Gasteiger partial charge in [-0.1, -0.05) is 38.1 Å². The minimum Gasteiger partial charge on any atom is -0.384 e. The largest absolute Gasteiger partial charge is 0.384 e. The van der Waals surface area contributed by atoms with E-state index in [0.29, 0.717) is 12.0 Å². The summed E-state index contributed by atoms with van der Waals surface area (Å²) in [7, 11) is 0. The van der Waals surface area contributed by atoms with Gasteiger partial charge in [-0.15, -0.1) is 0 Å². The maximum Gasteiger partial charge on any atom is 0.267 e. The number of benzene rings is 1. The molecule has 0 radical (unpaired) electrons. The first-order valence-corrected chi connectivity index (χ1v) is 6.21. The van der Waals surface area contributed by atoms with Crippen LogP contribution in [0.1, 0.15) is 42.1 Å². The maximum atomic E-state index is 11.8. The summed E-state index contributed by atoms with van der Waals surface area (Å²) in [6.07, 6.45) is 0.574. The van der Waals surface area contributed by atoms with Crippen molar-refractivity contribution in [2.45, 2.75) is 26.2 Å². The molecule has 2 rings (SSSR count). The number of aromatic nitrogens is 2. The van der Waals surface area contributed by atoms with Crippen LogP contribution in [0.25, 0.3) is 0 Å². The zero-order valence-corrected chi connectivity index (χ0v) is 11.1. The third kappa shape index (κ3) is 2.76. The van der Waals surface area contributed by atoms with Crippen LogP contribution in [0, 0.1) is 5.41 Å². The lowest BCUT2D eigenvalue weighted by Gasteiger charge is -2.06. The third-order valence-electron chi connectivity index (χ3n) is 3.13. The molecule has 5 nitrogen and oxygen atoms in total. The van der Waals surface area contributed by atoms with Gasteiger partial charge in [-0.3, -0.25) is 15.3 Å². The van der Waals surface area contributed by atoms with Gasteiger partial charge < -0.3 is 10.8 Å². The van der Waals surface area contributed by atoms with Crippen molar-refractivity contribution < 1.29 is 0 Å². The standard InChI is InChI=1S/C14H18N4O/c1-8(2)12-11(14(19)18-17-12)7-9-3-5-10(6-4-9)13(15)16/h3-6,8H,7H2,1-2H3,(H3,15,16)(H2,17,18,19). The normalized spacial score (nSPS) is 10.9. The number of aromatic amines is 2. The Morgan fingerprint density at radius 1 is 1.26 bits per heavy atom. The van der Waals surface area contributed by atoms with E-state index in [0.717, 1.165) is 16.8 Å². The minimum atomic E-state index is -0.0701. The molecule has 1 aromatic heterocycles. The lowest BCUT2D eigenvalue weighted by atomic mass is 9.99. The van der Waals surface area contributed by atoms with Crippen molar-refractivity contribution in [3.63, 3.8) is 0 Å². The average molecular weight is 258 g/mol. The molecule has 0 aliphatic rings. The zero-order valence-electron chi connectivity index (χ0n) is 11.1. The van der Waals surface area contributed by atoms with Crippen LogP contribution in [-0.4, -0.2) is 16.0 Å². The molecule has 0 unspecified atom stereocenters. The summed E-state index contributed by atoms with van der Waals surface area (Å²) in [6.45, 7) is 4.09. The second-order valence-electron chi connectivity index (χ2n) is 4.91. The number of hydrogen-bond acceptors (Lipinski definition) is 2. The van der Waals surface area contributed by atoms with Gasteiger partial charge in [-0.25, -0.2) is 0 Å². The van der Waals surface area contributed by atoms with E-state index in [1.807, 2.05) is 26.0 Å². The van der Waals surface area contributed by atoms with E-state index in [2.05, 4.69) is 10.2 Å². The van der Waals surface area contributed by atoms with Gasteiger partial charge in [0.25, 0.3) is 5.56 Å². The Morgan fingerprint density at radius 3 is 2.42 bits per heavy atom. The second kappa shape index (κ2) is 5.14. The first kappa shape index (κ1) is 13.1. The van der Waals surface area contributed by atoms with Crippen molar-refractivity contribution >= 4 is 5.84 Å². The van der Waals surface area contributed by atoms with Gasteiger partial charge in [-0.2, -0.15) is 0 Å². The summed E-state index contributed by atoms with van der Waals surface area (Å²) in [5.41, 5.74) is 8.77. The van der Waals surface area contributed by atoms with E-state index in [1.54, 1.807) is 12.1 Å². The van der Waals surface area contributed by atoms with E-state index in [-0.39, 0.29) is 17.3 Å². The number of nitrogen functional groups attached to an aromatic ring is 1. The van der Waals surface area contributed by atoms with Crippen LogP contribution in [0.3, 0.4) is 0 Å². The Balaban J connectivity index is 2.28. The van der Waals surface area contributed by atoms with E-state index >= 15 is 0 Å². The molecule has 0 saturated carbocycles. The summed E-state index contributed by atoms with van der Waals surface area (Å²) >= 11 is 0. The number of nitrogens with one attached hydrogen (secondary N) is 3. The highest BCUT2D eigenvalue weighted by Crippen LogP contribution is 2.17. The predicted molar refractivity (Wildman–Crippen MR) is 75.8 cm³/mol. The molecule has 0 aliphatic heterocycles. The van der Waals surface area contributed by atoms with Crippen molar-refractivity contribution in [3.8, 4) is 0 Å². The SMILES string of the molecule is CC(C)c1[nH][nH]c(=O)c1Cc1ccc(C(=N)N)cc1. The van der Waals surface area contributed by atoms with Crippen LogP contribution in [0.4, 0.5) is 0 Å². The number of rotatable bonds is 4. The first-order chi connectivity index (χ1) is 8.99. The summed E-state index contributed by atoms with van der Waals surface area (Å²) in [6, 6.07) is 7.39. The van der Waals surface area contributed by atoms with Crippen molar-refractivity contribution in [2.24, 2.45) is 5.73 Å². The van der Waals surface area contributed by atoms with Gasteiger partial charge in [-0.05, 0) is 11.5 Å². The van der Waals surface area contributed by atoms with Gasteiger partial charge in [0.05, 0.1) is 0 Å². The summed E-state index contributed by atoms with van der Waals surface area (Å²) in [5, 5.41) is 12.9. The maximum absolute atomic E-state index is 11.8. The third-order valence-corrected chi connectivity index (χ3v) is 3.13. The topological polar surface area (TPSA) is 98.5 Å². The Kier molecular flexibility index (Phi) is 3.55. The molecule has 5 heteroatoms. The highest BCUT2D eigenvalue weighted by Gasteiger charge is 2.13. The summed E-state index contributed by atoms with van der Waals surface area (Å²) in [4.78, 5) is 11.8. The first-order valence-electron chi connectivity index (χ1n) is 6.21. The molecule has 0 saturated heterocycles. The van der Waals surface area contributed by atoms with Gasteiger partial charge >= 0.3 is 0 Å². The van der Waals surface area contributed by atoms with Gasteiger partial charge in [0.1, 0.15) is 5.84 Å². The van der Waals surface area contributed by atoms with E-state index < -0.39 is 0 Å². The monoisotopic (exact) mass is 258 g/mol. The van der Waals surface area contributed by atoms with Gasteiger partial charge in [0.15, 0.2) is 0 Å². The highest BCUT2D eigenvalue weighted by atomic mass is 16.1. The van der Waals surface area contributed by atoms with E-state index in [1.165, 1.54) is 0 Å². The quantitative estimate of drug-likeness (QED) is 0.496. The van der Waals surface area contributed by atoms with E-state index in [9.17, 15) is 4.79 Å². The fourth-order valence-electron chi connectivity index (χ4n) is 2.07. The van der Waals surface area contributed by atoms with E-state index in [4.69, 9.17) is 11.1 Å². The summed E-state index contributed by atoms with van der Waals surface area (Å²) < 4.78 is 0. The fraction of sp³-hybridized carbons (Fsp3) is 0.286. The Bertz CT molecular complexity index is 634. The molecular formula is C14H18N4O. The molecule has 1 aromatic carbocycles. The number of nitrogens with two attached hydrogens (primary N) is 1. The van der Waals surface area contributed by atoms with Crippen molar-refractivity contribution in [2.75, 3.05) is 0 Å². The number of amidine groups is 1. The molecule has 0 aliphatic carbocycles. The van der Waals surface area contributed by atoms with Crippen LogP contribution in [0.5, 0.6) is 0 Å². The van der Waals surface area contributed by atoms with Crippen LogP contribution < -0.4 is 11.3 Å². The number of hydrogen-bond donors (Lipinski definition) is 4. The Morgan fingerprint density at radius 2 is 1.89 bits per heavy atom. The predicted octanol–water partition coefficient (Wildman–Crippen LogP) is 1.70. The fourth-order valence-corrected chi connectivity index (χ4v) is 2.07. The van der Waals surface area contributed by atoms with Gasteiger partial charge in [0.2, 0.25) is 0 Å². The number of H-pyrrole nitrogens is 2. The molecule has 5 N–H and O–H groups in total. The molecule has 0 spiro atoms. The molecule has 2 aromatic rings. The van der Waals surface area contributed by atoms with Crippen LogP contribution in [0.2, 0.25) is 0 Å². The Labute approximate surface area is 111 Å². The molecule has 0 bridgehead atoms. The molecule has 0 amide bonds. The molecule has 1 heterocycles. The van der Waals surface area contributed by atoms with Crippen LogP contribution in [-0.2, 0) is 6.42 Å². The average Bonchev–Trinajstić information content (AvgIpc) is 2.72. The molecule has 0 fully saturated rings. The van der Waals surface area contributed by atoms with Crippen molar-refractivity contribution in [1.82, 2.24) is 10.2 Å². The van der Waals surface area contributed by atoms with Gasteiger partial charge in [0, 0.05) is 23.2 Å². The zero-order chi connectivity index (χ0) is 14.0. The molecular weight excluding hydrogens is 240 g/mol. The van der Waals surface area contributed by atoms with Crippen molar-refractivity contribution in [1.29, 1.82) is 5.41 Å². The lowest BCUT2D eigenvalue weighted by molar-refractivity contribution is 0.799. The van der Waals surface area contributed by atoms with Crippen LogP contribution in [0.15, 0.2) is 29.1 Å². The smallest absolute Gasteiger partial charge is 0.267 e. The van der Waals surface area contributed by atoms with Crippen LogP contribution >= 0.6 is 0 Å². The van der Waals surface area contributed by atoms with Crippen molar-refractivity contribution in [3.05, 3.63) is 57.0 Å². The molecule has 0 atom stereocenters. The minimum absolute atomic E-state index is 0.0499. The lowest BCUT2D eigenvalue weighted by Crippen LogP contribution is -2.11. The molecule has 19 heavy (non-hydrogen) atoms. The summed E-state index contributed by atoms with van der Waals surface area (Å²) in [5.74, 6) is 0.319.